The summed E-state index contributed by atoms with van der Waals surface area (Å²) in [5.41, 5.74) is -0.299. The minimum Gasteiger partial charge on any atom is -0.358 e. The van der Waals surface area contributed by atoms with Gasteiger partial charge in [-0.05, 0) is 18.3 Å². The van der Waals surface area contributed by atoms with Crippen molar-refractivity contribution in [3.8, 4) is 0 Å². The van der Waals surface area contributed by atoms with Crippen molar-refractivity contribution in [1.82, 2.24) is 10.6 Å². The van der Waals surface area contributed by atoms with Crippen LogP contribution in [0.5, 0.6) is 0 Å². The van der Waals surface area contributed by atoms with Crippen LogP contribution >= 0.6 is 0 Å². The molecule has 0 spiro atoms. The zero-order valence-electron chi connectivity index (χ0n) is 11.2. The Hall–Kier alpha value is -0.570. The molecule has 0 aliphatic heterocycles. The van der Waals surface area contributed by atoms with E-state index >= 15 is 0 Å². The van der Waals surface area contributed by atoms with E-state index in [2.05, 4.69) is 45.3 Å². The van der Waals surface area contributed by atoms with Crippen LogP contribution in [0.15, 0.2) is 0 Å². The Morgan fingerprint density at radius 1 is 1.20 bits per heavy atom. The highest BCUT2D eigenvalue weighted by atomic mass is 16.2. The molecule has 15 heavy (non-hydrogen) atoms. The van der Waals surface area contributed by atoms with Crippen molar-refractivity contribution in [2.24, 2.45) is 11.3 Å². The highest BCUT2D eigenvalue weighted by molar-refractivity contribution is 5.85. The third-order valence-corrected chi connectivity index (χ3v) is 2.84. The molecule has 1 atom stereocenters. The molecule has 1 amide bonds. The summed E-state index contributed by atoms with van der Waals surface area (Å²) in [6, 6.07) is 0. The maximum Gasteiger partial charge on any atom is 0.240 e. The Labute approximate surface area is 94.0 Å². The molecule has 0 aliphatic carbocycles. The Balaban J connectivity index is 4.61. The first-order valence-corrected chi connectivity index (χ1v) is 5.60. The van der Waals surface area contributed by atoms with Crippen molar-refractivity contribution in [2.45, 2.75) is 47.1 Å². The van der Waals surface area contributed by atoms with Gasteiger partial charge in [0.1, 0.15) is 0 Å². The highest BCUT2D eigenvalue weighted by Crippen LogP contribution is 2.19. The van der Waals surface area contributed by atoms with Crippen LogP contribution in [-0.4, -0.2) is 25.0 Å². The summed E-state index contributed by atoms with van der Waals surface area (Å²) in [6.07, 6.45) is 0. The van der Waals surface area contributed by atoms with Crippen molar-refractivity contribution in [3.05, 3.63) is 0 Å². The van der Waals surface area contributed by atoms with Gasteiger partial charge >= 0.3 is 0 Å². The van der Waals surface area contributed by atoms with Gasteiger partial charge in [-0.2, -0.15) is 0 Å². The number of hydrogen-bond acceptors (Lipinski definition) is 2. The predicted molar refractivity (Wildman–Crippen MR) is 64.8 cm³/mol. The molecule has 3 nitrogen and oxygen atoms in total. The van der Waals surface area contributed by atoms with Gasteiger partial charge in [0.2, 0.25) is 5.91 Å². The number of carbonyl (C=O) groups is 1. The predicted octanol–water partition coefficient (Wildman–Crippen LogP) is 1.78. The number of amides is 1. The molecule has 0 radical (unpaired) electrons. The summed E-state index contributed by atoms with van der Waals surface area (Å²) < 4.78 is 0. The van der Waals surface area contributed by atoms with E-state index < -0.39 is 5.54 Å². The van der Waals surface area contributed by atoms with Crippen molar-refractivity contribution in [3.63, 3.8) is 0 Å². The third-order valence-electron chi connectivity index (χ3n) is 2.84. The standard InChI is InChI=1S/C12H26N2O/c1-9(2)12(6,10(15)13-7)14-8-11(3,4)5/h9,14H,8H2,1-7H3,(H,13,15). The van der Waals surface area contributed by atoms with Gasteiger partial charge in [0.05, 0.1) is 5.54 Å². The molecule has 0 aromatic carbocycles. The first-order valence-electron chi connectivity index (χ1n) is 5.60. The highest BCUT2D eigenvalue weighted by Gasteiger charge is 2.36. The zero-order chi connectivity index (χ0) is 12.3. The number of hydrogen-bond donors (Lipinski definition) is 2. The molecule has 0 rings (SSSR count). The summed E-state index contributed by atoms with van der Waals surface area (Å²) in [7, 11) is 1.68. The first-order chi connectivity index (χ1) is 6.63. The van der Waals surface area contributed by atoms with Gasteiger partial charge in [-0.3, -0.25) is 4.79 Å². The van der Waals surface area contributed by atoms with Gasteiger partial charge in [-0.25, -0.2) is 0 Å². The minimum absolute atomic E-state index is 0.0572. The molecule has 0 aliphatic rings. The van der Waals surface area contributed by atoms with E-state index in [1.54, 1.807) is 7.05 Å². The molecular weight excluding hydrogens is 188 g/mol. The number of carbonyl (C=O) groups excluding carboxylic acids is 1. The van der Waals surface area contributed by atoms with E-state index in [-0.39, 0.29) is 17.2 Å². The quantitative estimate of drug-likeness (QED) is 0.749. The lowest BCUT2D eigenvalue weighted by Gasteiger charge is -2.35. The molecule has 0 saturated heterocycles. The summed E-state index contributed by atoms with van der Waals surface area (Å²) in [4.78, 5) is 11.8. The summed E-state index contributed by atoms with van der Waals surface area (Å²) >= 11 is 0. The van der Waals surface area contributed by atoms with Crippen LogP contribution in [0.4, 0.5) is 0 Å². The number of rotatable bonds is 4. The largest absolute Gasteiger partial charge is 0.358 e. The van der Waals surface area contributed by atoms with Crippen LogP contribution in [0.2, 0.25) is 0 Å². The fourth-order valence-electron chi connectivity index (χ4n) is 1.26. The second kappa shape index (κ2) is 4.97. The van der Waals surface area contributed by atoms with Gasteiger partial charge in [-0.1, -0.05) is 34.6 Å². The van der Waals surface area contributed by atoms with E-state index in [1.807, 2.05) is 6.92 Å². The summed E-state index contributed by atoms with van der Waals surface area (Å²) in [5.74, 6) is 0.321. The van der Waals surface area contributed by atoms with E-state index in [4.69, 9.17) is 0 Å². The number of nitrogens with one attached hydrogen (secondary N) is 2. The van der Waals surface area contributed by atoms with Gasteiger partial charge in [-0.15, -0.1) is 0 Å². The van der Waals surface area contributed by atoms with Gasteiger partial charge in [0, 0.05) is 13.6 Å². The lowest BCUT2D eigenvalue weighted by molar-refractivity contribution is -0.128. The minimum atomic E-state index is -0.484. The monoisotopic (exact) mass is 214 g/mol. The van der Waals surface area contributed by atoms with E-state index in [0.29, 0.717) is 0 Å². The van der Waals surface area contributed by atoms with Gasteiger partial charge in [0.15, 0.2) is 0 Å². The van der Waals surface area contributed by atoms with Crippen LogP contribution < -0.4 is 10.6 Å². The van der Waals surface area contributed by atoms with Crippen LogP contribution in [-0.2, 0) is 4.79 Å². The topological polar surface area (TPSA) is 41.1 Å². The lowest BCUT2D eigenvalue weighted by atomic mass is 9.85. The van der Waals surface area contributed by atoms with Crippen molar-refractivity contribution in [2.75, 3.05) is 13.6 Å². The fraction of sp³-hybridized carbons (Fsp3) is 0.917. The summed E-state index contributed by atoms with van der Waals surface area (Å²) in [6.45, 7) is 13.4. The van der Waals surface area contributed by atoms with Crippen LogP contribution in [0.1, 0.15) is 41.5 Å². The third kappa shape index (κ3) is 4.20. The molecule has 3 heteroatoms. The molecule has 0 bridgehead atoms. The number of likely N-dealkylation sites (N-methyl/N-ethyl adjacent to an activating group) is 1. The Morgan fingerprint density at radius 2 is 1.67 bits per heavy atom. The SMILES string of the molecule is CNC(=O)C(C)(NCC(C)(C)C)C(C)C. The van der Waals surface area contributed by atoms with Crippen molar-refractivity contribution in [1.29, 1.82) is 0 Å². The fourth-order valence-corrected chi connectivity index (χ4v) is 1.26. The van der Waals surface area contributed by atoms with Gasteiger partial charge in [0.25, 0.3) is 0 Å². The molecule has 1 unspecified atom stereocenters. The molecule has 0 fully saturated rings. The average molecular weight is 214 g/mol. The smallest absolute Gasteiger partial charge is 0.240 e. The molecule has 0 aromatic rings. The first kappa shape index (κ1) is 14.4. The average Bonchev–Trinajstić information content (AvgIpc) is 2.11. The van der Waals surface area contributed by atoms with E-state index in [0.717, 1.165) is 6.54 Å². The molecule has 0 saturated carbocycles. The molecular formula is C12H26N2O. The molecule has 0 heterocycles. The molecule has 90 valence electrons. The molecule has 0 aromatic heterocycles. The van der Waals surface area contributed by atoms with Crippen LogP contribution in [0.3, 0.4) is 0 Å². The van der Waals surface area contributed by atoms with Crippen LogP contribution in [0.25, 0.3) is 0 Å². The Kier molecular flexibility index (Phi) is 4.78. The lowest BCUT2D eigenvalue weighted by Crippen LogP contribution is -2.59. The van der Waals surface area contributed by atoms with Gasteiger partial charge < -0.3 is 10.6 Å². The van der Waals surface area contributed by atoms with Crippen LogP contribution in [0, 0.1) is 11.3 Å². The second-order valence-electron chi connectivity index (χ2n) is 5.85. The normalized spacial score (nSPS) is 16.3. The van der Waals surface area contributed by atoms with Crippen molar-refractivity contribution < 1.29 is 4.79 Å². The van der Waals surface area contributed by atoms with E-state index in [9.17, 15) is 4.79 Å². The summed E-state index contributed by atoms with van der Waals surface area (Å²) in [5, 5.41) is 6.10. The maximum atomic E-state index is 11.8. The maximum absolute atomic E-state index is 11.8. The zero-order valence-corrected chi connectivity index (χ0v) is 11.2. The Morgan fingerprint density at radius 3 is 1.93 bits per heavy atom. The van der Waals surface area contributed by atoms with Crippen molar-refractivity contribution >= 4 is 5.91 Å². The molecule has 2 N–H and O–H groups in total. The Bertz CT molecular complexity index is 218. The second-order valence-corrected chi connectivity index (χ2v) is 5.85. The van der Waals surface area contributed by atoms with E-state index in [1.165, 1.54) is 0 Å².